The summed E-state index contributed by atoms with van der Waals surface area (Å²) in [6.45, 7) is 0. The third-order valence-corrected chi connectivity index (χ3v) is 8.38. The van der Waals surface area contributed by atoms with E-state index in [1.807, 2.05) is 6.08 Å². The molecule has 1 aliphatic heterocycles. The molecule has 2 nitrogen and oxygen atoms in total. The molecule has 1 heterocycles. The first kappa shape index (κ1) is 7.38. The molecule has 0 aromatic rings. The van der Waals surface area contributed by atoms with Crippen LogP contribution in [0.25, 0.3) is 0 Å². The fraction of sp³-hybridized carbons (Fsp3) is 0. The van der Waals surface area contributed by atoms with Crippen molar-refractivity contribution in [1.82, 2.24) is 0 Å². The molecule has 0 radical (unpaired) electrons. The van der Waals surface area contributed by atoms with Crippen molar-refractivity contribution in [1.29, 1.82) is 0 Å². The minimum absolute atomic E-state index is 0.00401. The zero-order chi connectivity index (χ0) is 6.69. The molecule has 0 spiro atoms. The Labute approximate surface area is 67.0 Å². The Morgan fingerprint density at radius 2 is 2.56 bits per heavy atom. The maximum atomic E-state index is 10.3. The van der Waals surface area contributed by atoms with Gasteiger partial charge in [0, 0.05) is 0 Å². The van der Waals surface area contributed by atoms with Gasteiger partial charge in [0.05, 0.1) is 0 Å². The number of allylic oxidation sites excluding steroid dienone is 2. The molecular weight excluding hydrogens is 247 g/mol. The van der Waals surface area contributed by atoms with Gasteiger partial charge in [-0.3, -0.25) is 0 Å². The summed E-state index contributed by atoms with van der Waals surface area (Å²) in [6, 6.07) is 0. The van der Waals surface area contributed by atoms with E-state index in [0.717, 1.165) is 0 Å². The molecule has 0 saturated heterocycles. The molecule has 0 aliphatic carbocycles. The second-order valence-electron chi connectivity index (χ2n) is 1.64. The molecule has 1 aliphatic rings. The molecule has 46 valence electrons. The number of hydrogen-bond donors (Lipinski definition) is 1. The summed E-state index contributed by atoms with van der Waals surface area (Å²) in [6.07, 6.45) is 3.62. The van der Waals surface area contributed by atoms with Crippen LogP contribution in [0.3, 0.4) is 0 Å². The Morgan fingerprint density at radius 1 is 1.78 bits per heavy atom. The van der Waals surface area contributed by atoms with E-state index in [0.29, 0.717) is 4.44 Å². The van der Waals surface area contributed by atoms with E-state index in [2.05, 4.69) is 4.12 Å². The Kier molecular flexibility index (Phi) is 2.82. The Bertz CT molecular complexity index is 185. The zero-order valence-corrected chi connectivity index (χ0v) is 8.45. The number of hydrogen-bond acceptors (Lipinski definition) is 1. The van der Waals surface area contributed by atoms with Gasteiger partial charge in [-0.05, 0) is 0 Å². The minimum atomic E-state index is -0.698. The van der Waals surface area contributed by atoms with Crippen molar-refractivity contribution in [2.24, 2.45) is 0 Å². The predicted octanol–water partition coefficient (Wildman–Crippen LogP) is -0.462. The quantitative estimate of drug-likeness (QED) is 0.641. The first-order chi connectivity index (χ1) is 4.30. The Morgan fingerprint density at radius 3 is 2.89 bits per heavy atom. The third-order valence-electron chi connectivity index (χ3n) is 0.986. The monoisotopic (exact) mass is 254 g/mol. The summed E-state index contributed by atoms with van der Waals surface area (Å²) in [5.41, 5.74) is 0. The van der Waals surface area contributed by atoms with E-state index in [9.17, 15) is 4.79 Å². The van der Waals surface area contributed by atoms with E-state index in [1.54, 1.807) is 6.08 Å². The van der Waals surface area contributed by atoms with E-state index in [-0.39, 0.29) is 30.6 Å². The van der Waals surface area contributed by atoms with Crippen LogP contribution in [0.5, 0.6) is 0 Å². The van der Waals surface area contributed by atoms with Crippen molar-refractivity contribution in [2.45, 2.75) is 0 Å². The van der Waals surface area contributed by atoms with Crippen LogP contribution < -0.4 is 0 Å². The van der Waals surface area contributed by atoms with E-state index >= 15 is 0 Å². The summed E-state index contributed by atoms with van der Waals surface area (Å²) in [7, 11) is 0. The molecule has 0 bridgehead atoms. The standard InChI is InChI=1S/C5H5O2Te.Al.H/c6-5(7)3-1-2-4-8;;/h1-2,4,8H,(H,6,7);;/q;+1;/p-1. The van der Waals surface area contributed by atoms with Crippen LogP contribution >= 0.6 is 0 Å². The zero-order valence-electron chi connectivity index (χ0n) is 4.70. The molecule has 0 atom stereocenters. The summed E-state index contributed by atoms with van der Waals surface area (Å²) in [4.78, 5) is 10.3. The van der Waals surface area contributed by atoms with Gasteiger partial charge in [-0.1, -0.05) is 0 Å². The average molecular weight is 252 g/mol. The summed E-state index contributed by atoms with van der Waals surface area (Å²) < 4.78 is 2.86. The first-order valence-corrected chi connectivity index (χ1v) is 10.1. The van der Waals surface area contributed by atoms with Gasteiger partial charge in [-0.2, -0.15) is 0 Å². The number of aliphatic carboxylic acids is 1. The molecule has 9 heavy (non-hydrogen) atoms. The summed E-state index contributed by atoms with van der Waals surface area (Å²) >= 11 is -0.324. The van der Waals surface area contributed by atoms with Crippen LogP contribution in [0, 0.1) is 0 Å². The molecule has 0 amide bonds. The Hall–Kier alpha value is 0.272. The Balaban J connectivity index is 2.68. The summed E-state index contributed by atoms with van der Waals surface area (Å²) in [5.74, 6) is -0.698. The summed E-state index contributed by atoms with van der Waals surface area (Å²) in [5, 5.41) is 8.49. The van der Waals surface area contributed by atoms with Crippen molar-refractivity contribution >= 4 is 36.6 Å². The average Bonchev–Trinajstić information content (AvgIpc) is 1.90. The molecule has 4 heteroatoms. The van der Waals surface area contributed by atoms with Crippen molar-refractivity contribution in [3.63, 3.8) is 0 Å². The normalized spacial score (nSPS) is 16.2. The molecule has 0 unspecified atom stereocenters. The van der Waals surface area contributed by atoms with Crippen molar-refractivity contribution in [3.8, 4) is 0 Å². The van der Waals surface area contributed by atoms with Crippen molar-refractivity contribution in [3.05, 3.63) is 20.7 Å². The van der Waals surface area contributed by atoms with Gasteiger partial charge in [0.25, 0.3) is 0 Å². The first-order valence-electron chi connectivity index (χ1n) is 2.51. The van der Waals surface area contributed by atoms with Gasteiger partial charge >= 0.3 is 67.2 Å². The van der Waals surface area contributed by atoms with Crippen LogP contribution in [0.15, 0.2) is 20.7 Å². The van der Waals surface area contributed by atoms with Crippen molar-refractivity contribution < 1.29 is 9.90 Å². The molecule has 1 N–H and O–H groups in total. The van der Waals surface area contributed by atoms with Crippen LogP contribution in [0.2, 0.25) is 0 Å². The van der Waals surface area contributed by atoms with Gasteiger partial charge in [-0.15, -0.1) is 0 Å². The topological polar surface area (TPSA) is 37.3 Å². The van der Waals surface area contributed by atoms with Gasteiger partial charge in [0.1, 0.15) is 0 Å². The van der Waals surface area contributed by atoms with E-state index < -0.39 is 5.97 Å². The third kappa shape index (κ3) is 2.16. The van der Waals surface area contributed by atoms with Crippen LogP contribution in [0.1, 0.15) is 0 Å². The number of rotatable bonds is 1. The van der Waals surface area contributed by atoms with E-state index in [1.165, 1.54) is 0 Å². The van der Waals surface area contributed by atoms with Gasteiger partial charge in [0.2, 0.25) is 0 Å². The molecule has 1 rings (SSSR count). The van der Waals surface area contributed by atoms with Gasteiger partial charge < -0.3 is 0 Å². The van der Waals surface area contributed by atoms with Crippen LogP contribution in [-0.4, -0.2) is 41.7 Å². The van der Waals surface area contributed by atoms with E-state index in [4.69, 9.17) is 5.11 Å². The molecule has 0 fully saturated rings. The van der Waals surface area contributed by atoms with Gasteiger partial charge in [-0.25, -0.2) is 0 Å². The fourth-order valence-electron chi connectivity index (χ4n) is 0.530. The number of carbonyl (C=O) groups is 1. The number of carboxylic acids is 1. The maximum absolute atomic E-state index is 10.3. The van der Waals surface area contributed by atoms with Gasteiger partial charge in [0.15, 0.2) is 0 Å². The molecular formula is C5H5AlO2Te. The molecule has 0 aromatic carbocycles. The predicted molar refractivity (Wildman–Crippen MR) is 37.8 cm³/mol. The second-order valence-corrected chi connectivity index (χ2v) is 9.12. The fourth-order valence-corrected chi connectivity index (χ4v) is 6.69. The van der Waals surface area contributed by atoms with Crippen LogP contribution in [-0.2, 0) is 4.79 Å². The molecule has 0 aromatic heterocycles. The number of carboxylic acid groups (broad SMARTS) is 1. The second kappa shape index (κ2) is 3.44. The van der Waals surface area contributed by atoms with Crippen LogP contribution in [0.4, 0.5) is 0 Å². The molecule has 0 saturated carbocycles. The van der Waals surface area contributed by atoms with Crippen molar-refractivity contribution in [2.75, 3.05) is 0 Å². The SMILES string of the molecule is O=C(O)[C]1=CC=C[Te][AlH]1.